The highest BCUT2D eigenvalue weighted by molar-refractivity contribution is 6.32. The predicted octanol–water partition coefficient (Wildman–Crippen LogP) is 3.57. The van der Waals surface area contributed by atoms with E-state index in [-0.39, 0.29) is 18.8 Å². The topological polar surface area (TPSA) is 98.6 Å². The fraction of sp³-hybridized carbons (Fsp3) is 0.300. The zero-order valence-electron chi connectivity index (χ0n) is 15.2. The molecular weight excluding hydrogens is 384 g/mol. The molecule has 1 aliphatic heterocycles. The summed E-state index contributed by atoms with van der Waals surface area (Å²) in [6, 6.07) is 5.08. The number of nitrogens with zero attached hydrogens (tertiary/aromatic N) is 2. The molecule has 0 spiro atoms. The van der Waals surface area contributed by atoms with Crippen LogP contribution in [0.2, 0.25) is 5.02 Å². The Hall–Kier alpha value is -2.93. The monoisotopic (exact) mass is 402 g/mol. The van der Waals surface area contributed by atoms with Gasteiger partial charge in [0.1, 0.15) is 11.5 Å². The zero-order valence-corrected chi connectivity index (χ0v) is 16.0. The van der Waals surface area contributed by atoms with Crippen LogP contribution in [0, 0.1) is 0 Å². The first-order valence-corrected chi connectivity index (χ1v) is 9.13. The van der Waals surface area contributed by atoms with E-state index in [0.717, 1.165) is 11.1 Å². The molecule has 146 valence electrons. The fourth-order valence-corrected chi connectivity index (χ4v) is 3.08. The molecular formula is C20H19ClN2O5. The quantitative estimate of drug-likeness (QED) is 0.788. The molecule has 0 unspecified atom stereocenters. The van der Waals surface area contributed by atoms with Crippen molar-refractivity contribution >= 4 is 23.4 Å². The second kappa shape index (κ2) is 8.84. The number of aliphatic carboxylic acids is 1. The summed E-state index contributed by atoms with van der Waals surface area (Å²) in [7, 11) is 0. The predicted molar refractivity (Wildman–Crippen MR) is 102 cm³/mol. The lowest BCUT2D eigenvalue weighted by Gasteiger charge is -2.20. The molecule has 1 aliphatic rings. The molecule has 0 bridgehead atoms. The molecule has 1 N–H and O–H groups in total. The summed E-state index contributed by atoms with van der Waals surface area (Å²) >= 11 is 6.39. The molecule has 2 heterocycles. The highest BCUT2D eigenvalue weighted by Crippen LogP contribution is 2.37. The third-order valence-corrected chi connectivity index (χ3v) is 4.48. The molecule has 0 radical (unpaired) electrons. The van der Waals surface area contributed by atoms with Crippen LogP contribution in [0.15, 0.2) is 42.2 Å². The fourth-order valence-electron chi connectivity index (χ4n) is 2.84. The van der Waals surface area contributed by atoms with Crippen molar-refractivity contribution in [3.05, 3.63) is 58.7 Å². The van der Waals surface area contributed by atoms with Gasteiger partial charge in [0.15, 0.2) is 24.3 Å². The molecule has 1 aromatic heterocycles. The summed E-state index contributed by atoms with van der Waals surface area (Å²) in [6.45, 7) is 1.67. The maximum absolute atomic E-state index is 12.0. The van der Waals surface area contributed by atoms with Crippen molar-refractivity contribution in [3.8, 4) is 11.5 Å². The van der Waals surface area contributed by atoms with Crippen LogP contribution < -0.4 is 9.47 Å². The van der Waals surface area contributed by atoms with E-state index in [1.54, 1.807) is 37.5 Å². The van der Waals surface area contributed by atoms with Crippen LogP contribution in [0.3, 0.4) is 0 Å². The van der Waals surface area contributed by atoms with Crippen LogP contribution >= 0.6 is 11.6 Å². The Kier molecular flexibility index (Phi) is 6.26. The largest absolute Gasteiger partial charge is 0.485 e. The molecule has 8 heteroatoms. The van der Waals surface area contributed by atoms with Gasteiger partial charge in [0, 0.05) is 24.9 Å². The maximum atomic E-state index is 12.0. The van der Waals surface area contributed by atoms with Crippen molar-refractivity contribution in [2.45, 2.75) is 32.3 Å². The minimum atomic E-state index is -0.911. The minimum Gasteiger partial charge on any atom is -0.485 e. The summed E-state index contributed by atoms with van der Waals surface area (Å²) in [6.07, 6.45) is 4.91. The number of ketones is 1. The van der Waals surface area contributed by atoms with Gasteiger partial charge in [-0.3, -0.25) is 9.59 Å². The van der Waals surface area contributed by atoms with E-state index < -0.39 is 12.1 Å². The minimum absolute atomic E-state index is 0.0428. The first kappa shape index (κ1) is 19.8. The van der Waals surface area contributed by atoms with Crippen LogP contribution in [-0.2, 0) is 16.0 Å². The molecule has 28 heavy (non-hydrogen) atoms. The van der Waals surface area contributed by atoms with E-state index in [1.807, 2.05) is 0 Å². The van der Waals surface area contributed by atoms with Gasteiger partial charge in [-0.25, -0.2) is 9.97 Å². The van der Waals surface area contributed by atoms with E-state index >= 15 is 0 Å². The number of carbonyl (C=O) groups excluding carboxylic acids is 1. The molecule has 0 aliphatic carbocycles. The number of rotatable bonds is 6. The number of carboxylic acid groups (broad SMARTS) is 1. The molecule has 1 aromatic carbocycles. The Morgan fingerprint density at radius 3 is 2.82 bits per heavy atom. The summed E-state index contributed by atoms with van der Waals surface area (Å²) in [5, 5.41) is 9.29. The van der Waals surface area contributed by atoms with E-state index in [1.165, 1.54) is 6.08 Å². The number of carbonyl (C=O) groups is 2. The van der Waals surface area contributed by atoms with Crippen molar-refractivity contribution in [1.82, 2.24) is 9.97 Å². The Morgan fingerprint density at radius 2 is 2.11 bits per heavy atom. The molecule has 0 amide bonds. The summed E-state index contributed by atoms with van der Waals surface area (Å²) in [5.41, 5.74) is 1.50. The number of hydrogen-bond acceptors (Lipinski definition) is 6. The Morgan fingerprint density at radius 1 is 1.36 bits per heavy atom. The number of aromatic nitrogens is 2. The summed E-state index contributed by atoms with van der Waals surface area (Å²) in [5.74, 6) is 0.264. The number of ether oxygens (including phenoxy) is 2. The van der Waals surface area contributed by atoms with E-state index in [4.69, 9.17) is 26.2 Å². The van der Waals surface area contributed by atoms with Gasteiger partial charge in [0.05, 0.1) is 5.02 Å². The number of carboxylic acids is 1. The Labute approximate surface area is 167 Å². The van der Waals surface area contributed by atoms with E-state index in [2.05, 4.69) is 9.97 Å². The first-order chi connectivity index (χ1) is 13.4. The lowest BCUT2D eigenvalue weighted by Crippen LogP contribution is -2.15. The van der Waals surface area contributed by atoms with Crippen LogP contribution in [-0.4, -0.2) is 33.4 Å². The van der Waals surface area contributed by atoms with E-state index in [0.29, 0.717) is 35.2 Å². The van der Waals surface area contributed by atoms with Gasteiger partial charge in [-0.1, -0.05) is 17.2 Å². The molecule has 7 nitrogen and oxygen atoms in total. The highest BCUT2D eigenvalue weighted by atomic mass is 35.5. The number of fused-ring (bicyclic) bond motifs is 1. The molecule has 0 saturated carbocycles. The van der Waals surface area contributed by atoms with Gasteiger partial charge >= 0.3 is 5.97 Å². The highest BCUT2D eigenvalue weighted by Gasteiger charge is 2.19. The van der Waals surface area contributed by atoms with Crippen molar-refractivity contribution < 1.29 is 24.2 Å². The maximum Gasteiger partial charge on any atom is 0.303 e. The molecule has 1 atom stereocenters. The van der Waals surface area contributed by atoms with Crippen LogP contribution in [0.5, 0.6) is 11.5 Å². The smallest absolute Gasteiger partial charge is 0.303 e. The lowest BCUT2D eigenvalue weighted by atomic mass is 9.98. The van der Waals surface area contributed by atoms with E-state index in [9.17, 15) is 9.59 Å². The number of benzene rings is 1. The SMILES string of the molecule is C[C@@H](Oc1cc2c(cc1Cl)CC(CCC(=O)O)=CC(=O)CO2)c1ncccn1. The lowest BCUT2D eigenvalue weighted by molar-refractivity contribution is -0.137. The third-order valence-electron chi connectivity index (χ3n) is 4.18. The normalized spacial score (nSPS) is 14.8. The third kappa shape index (κ3) is 5.07. The molecule has 3 rings (SSSR count). The molecule has 2 aromatic rings. The number of halogens is 1. The van der Waals surface area contributed by atoms with Crippen LogP contribution in [0.25, 0.3) is 0 Å². The number of allylic oxidation sites excluding steroid dienone is 1. The standard InChI is InChI=1S/C20H19ClN2O5/c1-12(20-22-5-2-6-23-20)28-18-10-17-14(9-16(18)21)7-13(3-4-19(25)26)8-15(24)11-27-17/h2,5-6,8-10,12H,3-4,7,11H2,1H3,(H,25,26)/t12-/m1/s1. The van der Waals surface area contributed by atoms with Gasteiger partial charge in [-0.2, -0.15) is 0 Å². The van der Waals surface area contributed by atoms with Crippen LogP contribution in [0.1, 0.15) is 37.3 Å². The average molecular weight is 403 g/mol. The second-order valence-corrected chi connectivity index (χ2v) is 6.79. The second-order valence-electron chi connectivity index (χ2n) is 6.39. The summed E-state index contributed by atoms with van der Waals surface area (Å²) in [4.78, 5) is 31.2. The zero-order chi connectivity index (χ0) is 20.1. The van der Waals surface area contributed by atoms with Crippen LogP contribution in [0.4, 0.5) is 0 Å². The number of hydrogen-bond donors (Lipinski definition) is 1. The first-order valence-electron chi connectivity index (χ1n) is 8.75. The Balaban J connectivity index is 1.84. The van der Waals surface area contributed by atoms with Crippen molar-refractivity contribution in [2.24, 2.45) is 0 Å². The molecule has 0 saturated heterocycles. The Bertz CT molecular complexity index is 914. The van der Waals surface area contributed by atoms with Gasteiger partial charge < -0.3 is 14.6 Å². The average Bonchev–Trinajstić information content (AvgIpc) is 2.66. The van der Waals surface area contributed by atoms with Crippen molar-refractivity contribution in [1.29, 1.82) is 0 Å². The van der Waals surface area contributed by atoms with Gasteiger partial charge in [-0.05, 0) is 43.5 Å². The van der Waals surface area contributed by atoms with Crippen molar-refractivity contribution in [3.63, 3.8) is 0 Å². The van der Waals surface area contributed by atoms with Crippen molar-refractivity contribution in [2.75, 3.05) is 6.61 Å². The molecule has 0 fully saturated rings. The van der Waals surface area contributed by atoms with Gasteiger partial charge in [0.25, 0.3) is 0 Å². The van der Waals surface area contributed by atoms with Gasteiger partial charge in [-0.15, -0.1) is 0 Å². The van der Waals surface area contributed by atoms with Gasteiger partial charge in [0.2, 0.25) is 0 Å². The summed E-state index contributed by atoms with van der Waals surface area (Å²) < 4.78 is 11.5.